The highest BCUT2D eigenvalue weighted by Crippen LogP contribution is 2.14. The van der Waals surface area contributed by atoms with Crippen molar-refractivity contribution in [3.05, 3.63) is 36.5 Å². The van der Waals surface area contributed by atoms with Gasteiger partial charge in [-0.15, -0.1) is 0 Å². The Morgan fingerprint density at radius 3 is 1.61 bits per heavy atom. The molecule has 0 atom stereocenters. The quantitative estimate of drug-likeness (QED) is 0.0264. The van der Waals surface area contributed by atoms with Gasteiger partial charge in [0.15, 0.2) is 0 Å². The van der Waals surface area contributed by atoms with Crippen LogP contribution < -0.4 is 0 Å². The lowest BCUT2D eigenvalue weighted by atomic mass is 10.1. The van der Waals surface area contributed by atoms with E-state index in [4.69, 9.17) is 14.2 Å². The number of allylic oxidation sites excluding steroid dienone is 3. The number of rotatable bonds is 29. The first-order valence-corrected chi connectivity index (χ1v) is 18.5. The predicted molar refractivity (Wildman–Crippen MR) is 191 cm³/mol. The van der Waals surface area contributed by atoms with Crippen molar-refractivity contribution in [3.63, 3.8) is 0 Å². The third-order valence-corrected chi connectivity index (χ3v) is 7.46. The minimum atomic E-state index is -0.530. The molecule has 0 heterocycles. The van der Waals surface area contributed by atoms with Gasteiger partial charge >= 0.3 is 18.0 Å². The number of carbonyl (C=O) groups excluding carboxylic acids is 3. The van der Waals surface area contributed by atoms with Gasteiger partial charge in [-0.2, -0.15) is 0 Å². The number of hydrogen-bond donors (Lipinski definition) is 0. The van der Waals surface area contributed by atoms with Gasteiger partial charge in [-0.1, -0.05) is 108 Å². The summed E-state index contributed by atoms with van der Waals surface area (Å²) >= 11 is 0. The third kappa shape index (κ3) is 31.4. The lowest BCUT2D eigenvalue weighted by Gasteiger charge is -2.27. The van der Waals surface area contributed by atoms with Crippen molar-refractivity contribution in [1.29, 1.82) is 0 Å². The minimum absolute atomic E-state index is 0.126. The van der Waals surface area contributed by atoms with Gasteiger partial charge in [-0.25, -0.2) is 9.59 Å². The fraction of sp³-hybridized carbons (Fsp3) is 0.769. The van der Waals surface area contributed by atoms with E-state index in [-0.39, 0.29) is 18.0 Å². The van der Waals surface area contributed by atoms with Gasteiger partial charge in [0, 0.05) is 25.6 Å². The molecule has 46 heavy (non-hydrogen) atoms. The fourth-order valence-electron chi connectivity index (χ4n) is 4.79. The van der Waals surface area contributed by atoms with Gasteiger partial charge in [-0.05, 0) is 78.6 Å². The molecule has 0 saturated heterocycles. The molecule has 0 aromatic heterocycles. The molecule has 0 spiro atoms. The molecule has 0 N–H and O–H groups in total. The Hall–Kier alpha value is -2.57. The van der Waals surface area contributed by atoms with Crippen molar-refractivity contribution in [1.82, 2.24) is 4.90 Å². The molecule has 266 valence electrons. The Bertz CT molecular complexity index is 842. The Kier molecular flexibility index (Phi) is 29.3. The van der Waals surface area contributed by atoms with E-state index in [1.54, 1.807) is 0 Å². The molecule has 0 radical (unpaired) electrons. The van der Waals surface area contributed by atoms with E-state index in [2.05, 4.69) is 26.0 Å². The maximum absolute atomic E-state index is 12.8. The van der Waals surface area contributed by atoms with Crippen molar-refractivity contribution < 1.29 is 28.6 Å². The summed E-state index contributed by atoms with van der Waals surface area (Å²) in [6, 6.07) is 0. The van der Waals surface area contributed by atoms with Crippen molar-refractivity contribution >= 4 is 18.0 Å². The van der Waals surface area contributed by atoms with Gasteiger partial charge in [-0.3, -0.25) is 4.79 Å². The third-order valence-electron chi connectivity index (χ3n) is 7.46. The first-order chi connectivity index (χ1) is 22.2. The van der Waals surface area contributed by atoms with Crippen LogP contribution in [0.15, 0.2) is 36.5 Å². The van der Waals surface area contributed by atoms with Crippen LogP contribution in [0.25, 0.3) is 0 Å². The van der Waals surface area contributed by atoms with Crippen LogP contribution in [0, 0.1) is 0 Å². The van der Waals surface area contributed by atoms with Gasteiger partial charge in [0.05, 0.1) is 0 Å². The second-order valence-corrected chi connectivity index (χ2v) is 13.2. The van der Waals surface area contributed by atoms with Crippen LogP contribution in [0.2, 0.25) is 0 Å². The second kappa shape index (κ2) is 31.1. The van der Waals surface area contributed by atoms with Gasteiger partial charge in [0.1, 0.15) is 18.8 Å². The lowest BCUT2D eigenvalue weighted by Crippen LogP contribution is -2.38. The van der Waals surface area contributed by atoms with Crippen LogP contribution in [0.1, 0.15) is 163 Å². The summed E-state index contributed by atoms with van der Waals surface area (Å²) in [4.78, 5) is 38.4. The van der Waals surface area contributed by atoms with Crippen LogP contribution in [-0.4, -0.2) is 54.8 Å². The largest absolute Gasteiger partial charge is 0.461 e. The van der Waals surface area contributed by atoms with Crippen molar-refractivity contribution in [2.45, 2.75) is 169 Å². The zero-order valence-electron chi connectivity index (χ0n) is 30.3. The van der Waals surface area contributed by atoms with Crippen LogP contribution >= 0.6 is 0 Å². The normalized spacial score (nSPS) is 11.9. The molecule has 1 amide bonds. The highest BCUT2D eigenvalue weighted by Gasteiger charge is 2.21. The molecule has 0 aliphatic carbocycles. The molecule has 0 aromatic carbocycles. The van der Waals surface area contributed by atoms with E-state index in [1.165, 1.54) is 57.4 Å². The Labute approximate surface area is 282 Å². The van der Waals surface area contributed by atoms with E-state index >= 15 is 0 Å². The van der Waals surface area contributed by atoms with Crippen molar-refractivity contribution in [2.75, 3.05) is 26.3 Å². The topological polar surface area (TPSA) is 82.1 Å². The number of nitrogens with zero attached hydrogens (tertiary/aromatic N) is 1. The second-order valence-electron chi connectivity index (χ2n) is 13.2. The highest BCUT2D eigenvalue weighted by atomic mass is 16.6. The Morgan fingerprint density at radius 2 is 1.04 bits per heavy atom. The first kappa shape index (κ1) is 43.4. The Balaban J connectivity index is 4.11. The lowest BCUT2D eigenvalue weighted by molar-refractivity contribution is -0.142. The molecular weight excluding hydrogens is 578 g/mol. The van der Waals surface area contributed by atoms with Crippen LogP contribution in [0.5, 0.6) is 0 Å². The van der Waals surface area contributed by atoms with Gasteiger partial charge in [0.25, 0.3) is 0 Å². The summed E-state index contributed by atoms with van der Waals surface area (Å²) in [6.45, 7) is 12.1. The number of amides is 1. The maximum atomic E-state index is 12.8. The summed E-state index contributed by atoms with van der Waals surface area (Å²) in [5.74, 6) is -0.429. The fourth-order valence-corrected chi connectivity index (χ4v) is 4.79. The molecule has 0 unspecified atom stereocenters. The molecule has 0 bridgehead atoms. The Morgan fingerprint density at radius 1 is 0.565 bits per heavy atom. The zero-order chi connectivity index (χ0) is 34.1. The van der Waals surface area contributed by atoms with Crippen LogP contribution in [-0.2, 0) is 23.8 Å². The number of ether oxygens (including phenoxy) is 3. The van der Waals surface area contributed by atoms with Crippen molar-refractivity contribution in [3.8, 4) is 0 Å². The highest BCUT2D eigenvalue weighted by molar-refractivity contribution is 5.81. The van der Waals surface area contributed by atoms with Crippen LogP contribution in [0.3, 0.4) is 0 Å². The summed E-state index contributed by atoms with van der Waals surface area (Å²) in [5.41, 5.74) is -0.530. The summed E-state index contributed by atoms with van der Waals surface area (Å²) in [5, 5.41) is 0. The van der Waals surface area contributed by atoms with Gasteiger partial charge < -0.3 is 19.1 Å². The molecule has 7 nitrogen and oxygen atoms in total. The number of hydrogen-bond acceptors (Lipinski definition) is 6. The van der Waals surface area contributed by atoms with E-state index in [1.807, 2.05) is 43.9 Å². The van der Waals surface area contributed by atoms with E-state index < -0.39 is 5.60 Å². The first-order valence-electron chi connectivity index (χ1n) is 18.5. The van der Waals surface area contributed by atoms with Crippen LogP contribution in [0.4, 0.5) is 4.79 Å². The molecule has 7 heteroatoms. The smallest absolute Gasteiger partial charge is 0.410 e. The predicted octanol–water partition coefficient (Wildman–Crippen LogP) is 10.8. The van der Waals surface area contributed by atoms with E-state index in [0.717, 1.165) is 70.6 Å². The molecule has 0 aromatic rings. The molecule has 0 saturated carbocycles. The summed E-state index contributed by atoms with van der Waals surface area (Å²) < 4.78 is 16.2. The molecule has 0 fully saturated rings. The number of carbonyl (C=O) groups is 3. The maximum Gasteiger partial charge on any atom is 0.410 e. The molecule has 0 aliphatic rings. The van der Waals surface area contributed by atoms with Gasteiger partial charge in [0.2, 0.25) is 0 Å². The number of unbranched alkanes of at least 4 members (excludes halogenated alkanes) is 15. The molecule has 0 aliphatic heterocycles. The standard InChI is InChI=1S/C39H69NO6/c1-6-8-10-12-14-22-28-34-44-36(41)30-24-18-16-20-26-32-40(38(43)46-39(3,4)5)33-27-21-17-19-25-31-37(42)45-35-29-23-15-13-11-9-7-2/h22-24,28-30H,6-21,25-27,31-35H2,1-5H3/b28-22-,29-23-,30-24+. The minimum Gasteiger partial charge on any atom is -0.461 e. The average Bonchev–Trinajstić information content (AvgIpc) is 3.00. The van der Waals surface area contributed by atoms with E-state index in [9.17, 15) is 14.4 Å². The molecular formula is C39H69NO6. The van der Waals surface area contributed by atoms with Crippen molar-refractivity contribution in [2.24, 2.45) is 0 Å². The summed E-state index contributed by atoms with van der Waals surface area (Å²) in [7, 11) is 0. The zero-order valence-corrected chi connectivity index (χ0v) is 30.3. The molecule has 0 rings (SSSR count). The monoisotopic (exact) mass is 648 g/mol. The summed E-state index contributed by atoms with van der Waals surface area (Å²) in [6.07, 6.45) is 32.0. The SMILES string of the molecule is CCCCCC/C=C\COC(=O)/C=C/CCCCCN(CCCCCCCC(=O)OC/C=C\CCCCCC)C(=O)OC(C)(C)C. The number of esters is 2. The van der Waals surface area contributed by atoms with E-state index in [0.29, 0.717) is 32.7 Å². The average molecular weight is 648 g/mol.